The van der Waals surface area contributed by atoms with E-state index < -0.39 is 0 Å². The van der Waals surface area contributed by atoms with Gasteiger partial charge in [-0.2, -0.15) is 0 Å². The summed E-state index contributed by atoms with van der Waals surface area (Å²) in [6.45, 7) is 0. The zero-order valence-electron chi connectivity index (χ0n) is 9.35. The molecule has 18 heavy (non-hydrogen) atoms. The first-order chi connectivity index (χ1) is 8.63. The number of nitrogen functional groups attached to an aromatic ring is 2. The van der Waals surface area contributed by atoms with Gasteiger partial charge in [-0.05, 0) is 30.3 Å². The average Bonchev–Trinajstić information content (AvgIpc) is 2.73. The van der Waals surface area contributed by atoms with Crippen molar-refractivity contribution >= 4 is 34.1 Å². The predicted molar refractivity (Wildman–Crippen MR) is 73.3 cm³/mol. The number of fused-ring (bicyclic) bond motifs is 1. The van der Waals surface area contributed by atoms with E-state index in [0.29, 0.717) is 33.4 Å². The molecule has 0 aliphatic heterocycles. The normalized spacial score (nSPS) is 10.9. The van der Waals surface area contributed by atoms with E-state index in [1.54, 1.807) is 24.3 Å². The molecule has 0 radical (unpaired) electrons. The highest BCUT2D eigenvalue weighted by Gasteiger charge is 2.10. The third kappa shape index (κ3) is 1.76. The van der Waals surface area contributed by atoms with Gasteiger partial charge in [0.1, 0.15) is 5.52 Å². The Kier molecular flexibility index (Phi) is 2.38. The monoisotopic (exact) mass is 259 g/mol. The number of halogens is 1. The van der Waals surface area contributed by atoms with Crippen molar-refractivity contribution in [3.63, 3.8) is 0 Å². The SMILES string of the molecule is Nc1ccc(-c2nc3cc(Cl)c(N)cc3o2)cc1. The Hall–Kier alpha value is -2.20. The van der Waals surface area contributed by atoms with Crippen LogP contribution in [0.25, 0.3) is 22.6 Å². The molecule has 0 saturated carbocycles. The molecule has 5 heteroatoms. The highest BCUT2D eigenvalue weighted by molar-refractivity contribution is 6.33. The van der Waals surface area contributed by atoms with Gasteiger partial charge in [0.25, 0.3) is 0 Å². The van der Waals surface area contributed by atoms with Gasteiger partial charge in [-0.3, -0.25) is 0 Å². The van der Waals surface area contributed by atoms with Crippen LogP contribution in [0.5, 0.6) is 0 Å². The molecule has 0 aliphatic rings. The highest BCUT2D eigenvalue weighted by atomic mass is 35.5. The standard InChI is InChI=1S/C13H10ClN3O/c14-9-5-11-12(6-10(9)16)18-13(17-11)7-1-3-8(15)4-2-7/h1-6H,15-16H2. The number of hydrogen-bond acceptors (Lipinski definition) is 4. The topological polar surface area (TPSA) is 78.1 Å². The summed E-state index contributed by atoms with van der Waals surface area (Å²) in [6.07, 6.45) is 0. The van der Waals surface area contributed by atoms with Crippen LogP contribution in [0, 0.1) is 0 Å². The fraction of sp³-hybridized carbons (Fsp3) is 0. The van der Waals surface area contributed by atoms with Crippen LogP contribution < -0.4 is 11.5 Å². The molecule has 1 heterocycles. The lowest BCUT2D eigenvalue weighted by atomic mass is 10.2. The van der Waals surface area contributed by atoms with Gasteiger partial charge in [0.05, 0.1) is 10.7 Å². The molecule has 0 amide bonds. The van der Waals surface area contributed by atoms with Crippen LogP contribution in [0.1, 0.15) is 0 Å². The van der Waals surface area contributed by atoms with Gasteiger partial charge in [0.2, 0.25) is 5.89 Å². The Labute approximate surface area is 108 Å². The second-order valence-corrected chi connectivity index (χ2v) is 4.39. The van der Waals surface area contributed by atoms with E-state index in [1.165, 1.54) is 0 Å². The Morgan fingerprint density at radius 3 is 2.50 bits per heavy atom. The van der Waals surface area contributed by atoms with Crippen LogP contribution in [-0.2, 0) is 0 Å². The zero-order valence-corrected chi connectivity index (χ0v) is 10.1. The van der Waals surface area contributed by atoms with E-state index in [0.717, 1.165) is 5.56 Å². The molecule has 3 aromatic rings. The molecule has 2 aromatic carbocycles. The largest absolute Gasteiger partial charge is 0.436 e. The van der Waals surface area contributed by atoms with Crippen molar-refractivity contribution in [2.75, 3.05) is 11.5 Å². The lowest BCUT2D eigenvalue weighted by molar-refractivity contribution is 0.620. The minimum atomic E-state index is 0.472. The second-order valence-electron chi connectivity index (χ2n) is 3.98. The Balaban J connectivity index is 2.16. The van der Waals surface area contributed by atoms with Crippen molar-refractivity contribution in [2.45, 2.75) is 0 Å². The van der Waals surface area contributed by atoms with E-state index in [1.807, 2.05) is 12.1 Å². The minimum Gasteiger partial charge on any atom is -0.436 e. The van der Waals surface area contributed by atoms with Crippen LogP contribution in [0.15, 0.2) is 40.8 Å². The molecule has 4 nitrogen and oxygen atoms in total. The van der Waals surface area contributed by atoms with Gasteiger partial charge in [-0.25, -0.2) is 4.98 Å². The Bertz CT molecular complexity index is 680. The molecular weight excluding hydrogens is 250 g/mol. The van der Waals surface area contributed by atoms with Crippen molar-refractivity contribution in [3.8, 4) is 11.5 Å². The van der Waals surface area contributed by atoms with Gasteiger partial charge >= 0.3 is 0 Å². The maximum absolute atomic E-state index is 5.94. The quantitative estimate of drug-likeness (QED) is 0.657. The Morgan fingerprint density at radius 2 is 1.78 bits per heavy atom. The molecule has 0 spiro atoms. The molecule has 0 bridgehead atoms. The second kappa shape index (κ2) is 3.92. The van der Waals surface area contributed by atoms with Crippen LogP contribution in [0.4, 0.5) is 11.4 Å². The van der Waals surface area contributed by atoms with Crippen molar-refractivity contribution in [3.05, 3.63) is 41.4 Å². The molecule has 1 aromatic heterocycles. The minimum absolute atomic E-state index is 0.472. The maximum Gasteiger partial charge on any atom is 0.227 e. The number of nitrogens with zero attached hydrogens (tertiary/aromatic N) is 1. The predicted octanol–water partition coefficient (Wildman–Crippen LogP) is 3.31. The van der Waals surface area contributed by atoms with E-state index in [2.05, 4.69) is 4.98 Å². The molecular formula is C13H10ClN3O. The molecule has 90 valence electrons. The fourth-order valence-electron chi connectivity index (χ4n) is 1.71. The number of hydrogen-bond donors (Lipinski definition) is 2. The number of rotatable bonds is 1. The molecule has 4 N–H and O–H groups in total. The number of oxazole rings is 1. The highest BCUT2D eigenvalue weighted by Crippen LogP contribution is 2.29. The van der Waals surface area contributed by atoms with E-state index in [-0.39, 0.29) is 0 Å². The van der Waals surface area contributed by atoms with E-state index in [4.69, 9.17) is 27.5 Å². The van der Waals surface area contributed by atoms with Gasteiger partial charge in [0, 0.05) is 17.3 Å². The number of nitrogens with two attached hydrogens (primary N) is 2. The summed E-state index contributed by atoms with van der Waals surface area (Å²) in [5.74, 6) is 0.520. The summed E-state index contributed by atoms with van der Waals surface area (Å²) in [7, 11) is 0. The lowest BCUT2D eigenvalue weighted by Crippen LogP contribution is -1.84. The molecule has 0 fully saturated rings. The number of anilines is 2. The van der Waals surface area contributed by atoms with Gasteiger partial charge in [0.15, 0.2) is 5.58 Å². The number of aromatic nitrogens is 1. The first kappa shape index (κ1) is 10.9. The van der Waals surface area contributed by atoms with Crippen molar-refractivity contribution < 1.29 is 4.42 Å². The Morgan fingerprint density at radius 1 is 1.06 bits per heavy atom. The third-order valence-electron chi connectivity index (χ3n) is 2.66. The van der Waals surface area contributed by atoms with Crippen LogP contribution in [0.2, 0.25) is 5.02 Å². The first-order valence-electron chi connectivity index (χ1n) is 5.35. The van der Waals surface area contributed by atoms with Crippen molar-refractivity contribution in [2.24, 2.45) is 0 Å². The summed E-state index contributed by atoms with van der Waals surface area (Å²) in [6, 6.07) is 10.7. The molecule has 0 aliphatic carbocycles. The van der Waals surface area contributed by atoms with Crippen LogP contribution in [-0.4, -0.2) is 4.98 Å². The molecule has 0 saturated heterocycles. The van der Waals surface area contributed by atoms with Gasteiger partial charge in [-0.1, -0.05) is 11.6 Å². The first-order valence-corrected chi connectivity index (χ1v) is 5.73. The molecule has 3 rings (SSSR count). The summed E-state index contributed by atoms with van der Waals surface area (Å²) in [4.78, 5) is 4.37. The van der Waals surface area contributed by atoms with Gasteiger partial charge < -0.3 is 15.9 Å². The van der Waals surface area contributed by atoms with Gasteiger partial charge in [-0.15, -0.1) is 0 Å². The summed E-state index contributed by atoms with van der Waals surface area (Å²) in [5.41, 5.74) is 14.7. The van der Waals surface area contributed by atoms with E-state index in [9.17, 15) is 0 Å². The summed E-state index contributed by atoms with van der Waals surface area (Å²) >= 11 is 5.94. The van der Waals surface area contributed by atoms with Crippen LogP contribution >= 0.6 is 11.6 Å². The van der Waals surface area contributed by atoms with E-state index >= 15 is 0 Å². The van der Waals surface area contributed by atoms with Crippen molar-refractivity contribution in [1.29, 1.82) is 0 Å². The molecule has 0 atom stereocenters. The molecule has 0 unspecified atom stereocenters. The number of benzene rings is 2. The van der Waals surface area contributed by atoms with Crippen LogP contribution in [0.3, 0.4) is 0 Å². The zero-order chi connectivity index (χ0) is 12.7. The maximum atomic E-state index is 5.94. The third-order valence-corrected chi connectivity index (χ3v) is 2.99. The fourth-order valence-corrected chi connectivity index (χ4v) is 1.87. The smallest absolute Gasteiger partial charge is 0.227 e. The average molecular weight is 260 g/mol. The summed E-state index contributed by atoms with van der Waals surface area (Å²) in [5, 5.41) is 0.472. The lowest BCUT2D eigenvalue weighted by Gasteiger charge is -1.95. The summed E-state index contributed by atoms with van der Waals surface area (Å²) < 4.78 is 5.64. The van der Waals surface area contributed by atoms with Crippen molar-refractivity contribution in [1.82, 2.24) is 4.98 Å².